The van der Waals surface area contributed by atoms with Crippen molar-refractivity contribution in [2.24, 2.45) is 5.92 Å². The smallest absolute Gasteiger partial charge is 0.311 e. The average molecular weight is 421 g/mol. The molecule has 0 bridgehead atoms. The van der Waals surface area contributed by atoms with Crippen LogP contribution in [-0.4, -0.2) is 62.0 Å². The predicted octanol–water partition coefficient (Wildman–Crippen LogP) is 2.24. The van der Waals surface area contributed by atoms with Gasteiger partial charge in [0.2, 0.25) is 5.91 Å². The minimum atomic E-state index is -0.545. The van der Waals surface area contributed by atoms with Gasteiger partial charge in [0, 0.05) is 50.5 Å². The highest BCUT2D eigenvalue weighted by Crippen LogP contribution is 2.26. The summed E-state index contributed by atoms with van der Waals surface area (Å²) in [6.45, 7) is 4.65. The van der Waals surface area contributed by atoms with Crippen LogP contribution in [-0.2, 0) is 19.1 Å². The van der Waals surface area contributed by atoms with Gasteiger partial charge in [0.15, 0.2) is 6.61 Å². The SMILES string of the molecule is Cc1ccc(N2CC(C(=O)OCC(=O)N3CCN(c4ccccc4)CC3)CC2=O)cc1. The molecule has 1 unspecified atom stereocenters. The van der Waals surface area contributed by atoms with E-state index in [1.807, 2.05) is 49.4 Å². The topological polar surface area (TPSA) is 70.2 Å². The Balaban J connectivity index is 1.24. The first-order valence-corrected chi connectivity index (χ1v) is 10.6. The molecule has 2 saturated heterocycles. The standard InChI is InChI=1S/C24H27N3O4/c1-18-7-9-21(10-8-18)27-16-19(15-22(27)28)24(30)31-17-23(29)26-13-11-25(12-14-26)20-5-3-2-4-6-20/h2-10,19H,11-17H2,1H3. The van der Waals surface area contributed by atoms with E-state index in [1.54, 1.807) is 9.80 Å². The van der Waals surface area contributed by atoms with Gasteiger partial charge in [-0.15, -0.1) is 0 Å². The fourth-order valence-corrected chi connectivity index (χ4v) is 4.03. The third-order valence-corrected chi connectivity index (χ3v) is 5.90. The average Bonchev–Trinajstić information content (AvgIpc) is 3.20. The fraction of sp³-hybridized carbons (Fsp3) is 0.375. The zero-order chi connectivity index (χ0) is 21.8. The van der Waals surface area contributed by atoms with Crippen molar-refractivity contribution in [3.63, 3.8) is 0 Å². The predicted molar refractivity (Wildman–Crippen MR) is 118 cm³/mol. The Labute approximate surface area is 182 Å². The van der Waals surface area contributed by atoms with Gasteiger partial charge in [-0.3, -0.25) is 14.4 Å². The van der Waals surface area contributed by atoms with E-state index in [0.717, 1.165) is 30.0 Å². The molecule has 0 spiro atoms. The third kappa shape index (κ3) is 4.87. The molecule has 0 saturated carbocycles. The molecule has 7 heteroatoms. The molecule has 2 fully saturated rings. The number of nitrogens with zero attached hydrogens (tertiary/aromatic N) is 3. The van der Waals surface area contributed by atoms with Gasteiger partial charge in [0.25, 0.3) is 5.91 Å². The van der Waals surface area contributed by atoms with Crippen LogP contribution < -0.4 is 9.80 Å². The first kappa shape index (κ1) is 20.9. The monoisotopic (exact) mass is 421 g/mol. The lowest BCUT2D eigenvalue weighted by atomic mass is 10.1. The van der Waals surface area contributed by atoms with E-state index >= 15 is 0 Å². The van der Waals surface area contributed by atoms with Crippen LogP contribution in [0.5, 0.6) is 0 Å². The number of hydrogen-bond acceptors (Lipinski definition) is 5. The number of piperazine rings is 1. The Morgan fingerprint density at radius 2 is 1.61 bits per heavy atom. The van der Waals surface area contributed by atoms with Crippen molar-refractivity contribution in [3.05, 3.63) is 60.2 Å². The summed E-state index contributed by atoms with van der Waals surface area (Å²) in [5.74, 6) is -1.33. The van der Waals surface area contributed by atoms with Gasteiger partial charge in [-0.25, -0.2) is 0 Å². The minimum Gasteiger partial charge on any atom is -0.455 e. The highest BCUT2D eigenvalue weighted by atomic mass is 16.5. The summed E-state index contributed by atoms with van der Waals surface area (Å²) in [5.41, 5.74) is 3.03. The van der Waals surface area contributed by atoms with Crippen LogP contribution in [0.3, 0.4) is 0 Å². The minimum absolute atomic E-state index is 0.103. The number of anilines is 2. The van der Waals surface area contributed by atoms with Crippen LogP contribution in [0, 0.1) is 12.8 Å². The Hall–Kier alpha value is -3.35. The first-order valence-electron chi connectivity index (χ1n) is 10.6. The van der Waals surface area contributed by atoms with E-state index in [1.165, 1.54) is 0 Å². The van der Waals surface area contributed by atoms with E-state index in [-0.39, 0.29) is 31.4 Å². The maximum atomic E-state index is 12.5. The van der Waals surface area contributed by atoms with Crippen LogP contribution >= 0.6 is 0 Å². The molecule has 0 aromatic heterocycles. The van der Waals surface area contributed by atoms with Crippen molar-refractivity contribution in [2.45, 2.75) is 13.3 Å². The van der Waals surface area contributed by atoms with Crippen molar-refractivity contribution in [1.82, 2.24) is 4.90 Å². The molecule has 2 aliphatic rings. The van der Waals surface area contributed by atoms with Gasteiger partial charge < -0.3 is 19.4 Å². The largest absolute Gasteiger partial charge is 0.455 e. The number of carbonyl (C=O) groups excluding carboxylic acids is 3. The molecule has 2 aromatic rings. The van der Waals surface area contributed by atoms with Crippen LogP contribution in [0.1, 0.15) is 12.0 Å². The van der Waals surface area contributed by atoms with E-state index in [9.17, 15) is 14.4 Å². The molecule has 2 aromatic carbocycles. The zero-order valence-corrected chi connectivity index (χ0v) is 17.7. The molecule has 31 heavy (non-hydrogen) atoms. The maximum absolute atomic E-state index is 12.5. The van der Waals surface area contributed by atoms with E-state index in [2.05, 4.69) is 17.0 Å². The highest BCUT2D eigenvalue weighted by molar-refractivity contribution is 5.99. The molecule has 0 aliphatic carbocycles. The number of carbonyl (C=O) groups is 3. The van der Waals surface area contributed by atoms with Gasteiger partial charge in [-0.2, -0.15) is 0 Å². The zero-order valence-electron chi connectivity index (χ0n) is 17.7. The second-order valence-electron chi connectivity index (χ2n) is 8.05. The fourth-order valence-electron chi connectivity index (χ4n) is 4.03. The lowest BCUT2D eigenvalue weighted by Crippen LogP contribution is -2.50. The maximum Gasteiger partial charge on any atom is 0.311 e. The van der Waals surface area contributed by atoms with Crippen molar-refractivity contribution < 1.29 is 19.1 Å². The molecule has 2 aliphatic heterocycles. The van der Waals surface area contributed by atoms with Crippen molar-refractivity contribution in [1.29, 1.82) is 0 Å². The number of para-hydroxylation sites is 1. The summed E-state index contributed by atoms with van der Waals surface area (Å²) < 4.78 is 5.28. The number of ether oxygens (including phenoxy) is 1. The van der Waals surface area contributed by atoms with E-state index < -0.39 is 11.9 Å². The van der Waals surface area contributed by atoms with Gasteiger partial charge in [-0.05, 0) is 31.2 Å². The number of benzene rings is 2. The Morgan fingerprint density at radius 3 is 2.29 bits per heavy atom. The molecule has 1 atom stereocenters. The van der Waals surface area contributed by atoms with Gasteiger partial charge in [0.1, 0.15) is 0 Å². The van der Waals surface area contributed by atoms with Crippen LogP contribution in [0.2, 0.25) is 0 Å². The van der Waals surface area contributed by atoms with Crippen LogP contribution in [0.15, 0.2) is 54.6 Å². The van der Waals surface area contributed by atoms with Gasteiger partial charge in [0.05, 0.1) is 5.92 Å². The summed E-state index contributed by atoms with van der Waals surface area (Å²) in [5, 5.41) is 0. The molecular weight excluding hydrogens is 394 g/mol. The number of aryl methyl sites for hydroxylation is 1. The number of esters is 1. The summed E-state index contributed by atoms with van der Waals surface area (Å²) >= 11 is 0. The van der Waals surface area contributed by atoms with Crippen LogP contribution in [0.25, 0.3) is 0 Å². The van der Waals surface area contributed by atoms with Crippen molar-refractivity contribution in [3.8, 4) is 0 Å². The third-order valence-electron chi connectivity index (χ3n) is 5.90. The van der Waals surface area contributed by atoms with E-state index in [4.69, 9.17) is 4.74 Å². The van der Waals surface area contributed by atoms with Gasteiger partial charge >= 0.3 is 5.97 Å². The summed E-state index contributed by atoms with van der Waals surface area (Å²) in [7, 11) is 0. The first-order chi connectivity index (χ1) is 15.0. The van der Waals surface area contributed by atoms with Crippen LogP contribution in [0.4, 0.5) is 11.4 Å². The second-order valence-corrected chi connectivity index (χ2v) is 8.05. The Morgan fingerprint density at radius 1 is 0.935 bits per heavy atom. The Bertz CT molecular complexity index is 937. The van der Waals surface area contributed by atoms with Gasteiger partial charge in [-0.1, -0.05) is 35.9 Å². The Kier molecular flexibility index (Phi) is 6.21. The summed E-state index contributed by atoms with van der Waals surface area (Å²) in [6, 6.07) is 17.7. The van der Waals surface area contributed by atoms with E-state index in [0.29, 0.717) is 13.1 Å². The summed E-state index contributed by atoms with van der Waals surface area (Å²) in [6.07, 6.45) is 0.108. The second kappa shape index (κ2) is 9.20. The molecule has 2 heterocycles. The number of amides is 2. The molecule has 162 valence electrons. The van der Waals surface area contributed by atoms with Crippen molar-refractivity contribution >= 4 is 29.2 Å². The molecule has 4 rings (SSSR count). The molecular formula is C24H27N3O4. The normalized spacial score (nSPS) is 18.9. The molecule has 2 amide bonds. The lowest BCUT2D eigenvalue weighted by Gasteiger charge is -2.36. The molecule has 7 nitrogen and oxygen atoms in total. The molecule has 0 radical (unpaired) electrons. The molecule has 0 N–H and O–H groups in total. The number of rotatable bonds is 5. The quantitative estimate of drug-likeness (QED) is 0.693. The lowest BCUT2D eigenvalue weighted by molar-refractivity contribution is -0.155. The number of hydrogen-bond donors (Lipinski definition) is 0. The highest BCUT2D eigenvalue weighted by Gasteiger charge is 2.36. The summed E-state index contributed by atoms with van der Waals surface area (Å²) in [4.78, 5) is 42.9. The van der Waals surface area contributed by atoms with Crippen molar-refractivity contribution in [2.75, 3.05) is 49.1 Å².